The highest BCUT2D eigenvalue weighted by molar-refractivity contribution is 5.48. The number of pyridine rings is 1. The van der Waals surface area contributed by atoms with Crippen molar-refractivity contribution in [3.63, 3.8) is 0 Å². The second kappa shape index (κ2) is 7.73. The molecule has 1 N–H and O–H groups in total. The Morgan fingerprint density at radius 2 is 1.97 bits per heavy atom. The van der Waals surface area contributed by atoms with Crippen molar-refractivity contribution in [1.29, 1.82) is 0 Å². The number of para-hydroxylation sites is 1. The van der Waals surface area contributed by atoms with Gasteiger partial charge in [0.25, 0.3) is 0 Å². The third-order valence-corrected chi connectivity index (χ3v) is 5.33. The molecule has 5 rings (SSSR count). The van der Waals surface area contributed by atoms with Gasteiger partial charge in [-0.15, -0.1) is 0 Å². The Balaban J connectivity index is 1.39. The maximum Gasteiger partial charge on any atom is 0.231 e. The number of benzene rings is 2. The molecule has 29 heavy (non-hydrogen) atoms. The van der Waals surface area contributed by atoms with Crippen LogP contribution in [0.4, 0.5) is 0 Å². The Labute approximate surface area is 169 Å². The predicted octanol–water partition coefficient (Wildman–Crippen LogP) is 3.29. The molecular weight excluding hydrogens is 368 g/mol. The molecule has 0 aliphatic carbocycles. The van der Waals surface area contributed by atoms with E-state index in [1.165, 1.54) is 0 Å². The maximum absolute atomic E-state index is 10.7. The van der Waals surface area contributed by atoms with E-state index < -0.39 is 6.10 Å². The quantitative estimate of drug-likeness (QED) is 0.738. The van der Waals surface area contributed by atoms with Gasteiger partial charge < -0.3 is 19.3 Å². The van der Waals surface area contributed by atoms with Crippen LogP contribution in [0.5, 0.6) is 17.2 Å². The van der Waals surface area contributed by atoms with Gasteiger partial charge in [-0.3, -0.25) is 9.88 Å². The highest BCUT2D eigenvalue weighted by atomic mass is 16.7. The molecule has 2 aromatic carbocycles. The summed E-state index contributed by atoms with van der Waals surface area (Å²) in [5.41, 5.74) is 3.78. The van der Waals surface area contributed by atoms with E-state index in [0.29, 0.717) is 6.61 Å². The van der Waals surface area contributed by atoms with Crippen molar-refractivity contribution in [2.24, 2.45) is 0 Å². The van der Waals surface area contributed by atoms with E-state index in [1.54, 1.807) is 12.4 Å². The lowest BCUT2D eigenvalue weighted by Crippen LogP contribution is -2.25. The van der Waals surface area contributed by atoms with E-state index >= 15 is 0 Å². The minimum Gasteiger partial charge on any atom is -0.492 e. The predicted molar refractivity (Wildman–Crippen MR) is 107 cm³/mol. The zero-order chi connectivity index (χ0) is 19.6. The van der Waals surface area contributed by atoms with Crippen LogP contribution in [0.3, 0.4) is 0 Å². The number of hydrogen-bond donors (Lipinski definition) is 1. The minimum absolute atomic E-state index is 0.272. The fourth-order valence-corrected chi connectivity index (χ4v) is 3.86. The summed E-state index contributed by atoms with van der Waals surface area (Å²) in [7, 11) is 0. The van der Waals surface area contributed by atoms with Gasteiger partial charge in [0.1, 0.15) is 18.5 Å². The third kappa shape index (κ3) is 3.64. The smallest absolute Gasteiger partial charge is 0.231 e. The SMILES string of the molecule is OC(c1cccnc1)c1ccc2c(c1)CN(Cc1cccc3c1OCO3)CCO2. The molecule has 0 spiro atoms. The first-order chi connectivity index (χ1) is 14.3. The van der Waals surface area contributed by atoms with Crippen LogP contribution < -0.4 is 14.2 Å². The Kier molecular flexibility index (Phi) is 4.79. The number of rotatable bonds is 4. The van der Waals surface area contributed by atoms with Gasteiger partial charge in [0.15, 0.2) is 11.5 Å². The number of ether oxygens (including phenoxy) is 3. The van der Waals surface area contributed by atoms with E-state index in [2.05, 4.69) is 16.0 Å². The third-order valence-electron chi connectivity index (χ3n) is 5.33. The second-order valence-corrected chi connectivity index (χ2v) is 7.27. The van der Waals surface area contributed by atoms with Crippen LogP contribution in [0.2, 0.25) is 0 Å². The van der Waals surface area contributed by atoms with Crippen molar-refractivity contribution in [3.05, 3.63) is 83.2 Å². The van der Waals surface area contributed by atoms with Crippen LogP contribution in [0.1, 0.15) is 28.4 Å². The van der Waals surface area contributed by atoms with E-state index in [1.807, 2.05) is 42.5 Å². The summed E-state index contributed by atoms with van der Waals surface area (Å²) in [6.07, 6.45) is 2.68. The molecule has 148 valence electrons. The molecule has 3 aromatic rings. The first-order valence-corrected chi connectivity index (χ1v) is 9.71. The van der Waals surface area contributed by atoms with Crippen molar-refractivity contribution in [3.8, 4) is 17.2 Å². The van der Waals surface area contributed by atoms with E-state index in [4.69, 9.17) is 14.2 Å². The molecule has 1 aromatic heterocycles. The topological polar surface area (TPSA) is 64.1 Å². The molecule has 1 atom stereocenters. The molecular formula is C23H22N2O4. The first-order valence-electron chi connectivity index (χ1n) is 9.71. The lowest BCUT2D eigenvalue weighted by molar-refractivity contribution is 0.170. The van der Waals surface area contributed by atoms with Crippen molar-refractivity contribution in [2.45, 2.75) is 19.2 Å². The summed E-state index contributed by atoms with van der Waals surface area (Å²) >= 11 is 0. The molecule has 0 saturated carbocycles. The van der Waals surface area contributed by atoms with Crippen LogP contribution >= 0.6 is 0 Å². The zero-order valence-corrected chi connectivity index (χ0v) is 16.0. The molecule has 2 aliphatic rings. The van der Waals surface area contributed by atoms with Crippen molar-refractivity contribution in [1.82, 2.24) is 9.88 Å². The largest absolute Gasteiger partial charge is 0.492 e. The van der Waals surface area contributed by atoms with Crippen molar-refractivity contribution >= 4 is 0 Å². The standard InChI is InChI=1S/C23H22N2O4/c26-22(17-4-2-8-24-12-17)16-6-7-20-19(11-16)14-25(9-10-27-20)13-18-3-1-5-21-23(18)29-15-28-21/h1-8,11-12,22,26H,9-10,13-15H2. The molecule has 0 fully saturated rings. The van der Waals surface area contributed by atoms with Gasteiger partial charge in [0.05, 0.1) is 0 Å². The van der Waals surface area contributed by atoms with E-state index in [-0.39, 0.29) is 6.79 Å². The highest BCUT2D eigenvalue weighted by Gasteiger charge is 2.22. The fourth-order valence-electron chi connectivity index (χ4n) is 3.86. The summed E-state index contributed by atoms with van der Waals surface area (Å²) < 4.78 is 17.1. The van der Waals surface area contributed by atoms with E-state index in [0.717, 1.165) is 59.1 Å². The van der Waals surface area contributed by atoms with Crippen LogP contribution in [0.15, 0.2) is 60.9 Å². The fraction of sp³-hybridized carbons (Fsp3) is 0.261. The summed E-state index contributed by atoms with van der Waals surface area (Å²) in [5, 5.41) is 10.7. The van der Waals surface area contributed by atoms with Gasteiger partial charge >= 0.3 is 0 Å². The molecule has 0 amide bonds. The molecule has 0 saturated heterocycles. The lowest BCUT2D eigenvalue weighted by atomic mass is 10.00. The van der Waals surface area contributed by atoms with Gasteiger partial charge in [-0.05, 0) is 29.8 Å². The summed E-state index contributed by atoms with van der Waals surface area (Å²) in [5.74, 6) is 2.50. The van der Waals surface area contributed by atoms with Gasteiger partial charge in [-0.25, -0.2) is 0 Å². The first kappa shape index (κ1) is 18.0. The maximum atomic E-state index is 10.7. The van der Waals surface area contributed by atoms with Gasteiger partial charge in [0.2, 0.25) is 6.79 Å². The average Bonchev–Trinajstić information content (AvgIpc) is 3.16. The molecule has 0 radical (unpaired) electrons. The number of fused-ring (bicyclic) bond motifs is 2. The van der Waals surface area contributed by atoms with Crippen molar-refractivity contribution < 1.29 is 19.3 Å². The minimum atomic E-state index is -0.714. The molecule has 0 bridgehead atoms. The number of nitrogens with zero attached hydrogens (tertiary/aromatic N) is 2. The Bertz CT molecular complexity index is 1010. The Hall–Kier alpha value is -3.09. The molecule has 3 heterocycles. The van der Waals surface area contributed by atoms with Crippen LogP contribution in [-0.4, -0.2) is 34.9 Å². The zero-order valence-electron chi connectivity index (χ0n) is 16.0. The van der Waals surface area contributed by atoms with Gasteiger partial charge in [-0.2, -0.15) is 0 Å². The normalized spacial score (nSPS) is 16.6. The molecule has 6 nitrogen and oxygen atoms in total. The Morgan fingerprint density at radius 1 is 1.00 bits per heavy atom. The monoisotopic (exact) mass is 390 g/mol. The lowest BCUT2D eigenvalue weighted by Gasteiger charge is -2.20. The average molecular weight is 390 g/mol. The molecule has 2 aliphatic heterocycles. The van der Waals surface area contributed by atoms with Crippen LogP contribution in [-0.2, 0) is 13.1 Å². The van der Waals surface area contributed by atoms with Crippen LogP contribution in [0.25, 0.3) is 0 Å². The molecule has 1 unspecified atom stereocenters. The summed E-state index contributed by atoms with van der Waals surface area (Å²) in [4.78, 5) is 6.43. The van der Waals surface area contributed by atoms with Crippen LogP contribution in [0, 0.1) is 0 Å². The second-order valence-electron chi connectivity index (χ2n) is 7.27. The van der Waals surface area contributed by atoms with E-state index in [9.17, 15) is 5.11 Å². The molecule has 6 heteroatoms. The highest BCUT2D eigenvalue weighted by Crippen LogP contribution is 2.37. The number of aliphatic hydroxyl groups is 1. The Morgan fingerprint density at radius 3 is 2.86 bits per heavy atom. The number of aliphatic hydroxyl groups excluding tert-OH is 1. The number of hydrogen-bond acceptors (Lipinski definition) is 6. The van der Waals surface area contributed by atoms with Crippen molar-refractivity contribution in [2.75, 3.05) is 19.9 Å². The van der Waals surface area contributed by atoms with Gasteiger partial charge in [-0.1, -0.05) is 24.3 Å². The number of aromatic nitrogens is 1. The summed E-state index contributed by atoms with van der Waals surface area (Å²) in [6.45, 7) is 3.16. The van der Waals surface area contributed by atoms with Gasteiger partial charge in [0, 0.05) is 48.7 Å². The summed E-state index contributed by atoms with van der Waals surface area (Å²) in [6, 6.07) is 15.6.